The lowest BCUT2D eigenvalue weighted by Crippen LogP contribution is -2.26. The number of rotatable bonds is 9. The Morgan fingerprint density at radius 2 is 2.24 bits per heavy atom. The zero-order valence-corrected chi connectivity index (χ0v) is 16.4. The van der Waals surface area contributed by atoms with Gasteiger partial charge >= 0.3 is 5.97 Å². The Morgan fingerprint density at radius 1 is 1.44 bits per heavy atom. The van der Waals surface area contributed by atoms with Gasteiger partial charge in [-0.25, -0.2) is 17.9 Å². The summed E-state index contributed by atoms with van der Waals surface area (Å²) in [5, 5.41) is 0. The van der Waals surface area contributed by atoms with E-state index in [9.17, 15) is 13.2 Å². The fourth-order valence-electron chi connectivity index (χ4n) is 2.39. The van der Waals surface area contributed by atoms with E-state index in [-0.39, 0.29) is 23.1 Å². The van der Waals surface area contributed by atoms with Crippen molar-refractivity contribution in [2.24, 2.45) is 0 Å². The van der Waals surface area contributed by atoms with Gasteiger partial charge in [0.05, 0.1) is 30.3 Å². The number of methoxy groups -OCH3 is 1. The van der Waals surface area contributed by atoms with Gasteiger partial charge in [-0.1, -0.05) is 0 Å². The number of hydrogen-bond acceptors (Lipinski definition) is 6. The van der Waals surface area contributed by atoms with E-state index in [4.69, 9.17) is 9.47 Å². The molecule has 0 spiro atoms. The quantitative estimate of drug-likeness (QED) is 0.471. The summed E-state index contributed by atoms with van der Waals surface area (Å²) >= 11 is 3.20. The largest absolute Gasteiger partial charge is 0.465 e. The maximum absolute atomic E-state index is 12.3. The summed E-state index contributed by atoms with van der Waals surface area (Å²) in [5.41, 5.74) is 0.158. The molecule has 1 aromatic carbocycles. The number of halogens is 1. The summed E-state index contributed by atoms with van der Waals surface area (Å²) in [6, 6.07) is 4.21. The number of esters is 1. The van der Waals surface area contributed by atoms with Crippen molar-refractivity contribution in [2.45, 2.75) is 30.3 Å². The van der Waals surface area contributed by atoms with Crippen LogP contribution in [0.4, 0.5) is 0 Å². The van der Waals surface area contributed by atoms with Crippen LogP contribution < -0.4 is 4.72 Å². The van der Waals surface area contributed by atoms with Crippen molar-refractivity contribution in [3.8, 4) is 0 Å². The monoisotopic (exact) mass is 435 g/mol. The first kappa shape index (κ1) is 20.3. The SMILES string of the molecule is COC(=O)c1cc(S(=O)(=O)NCCCOCC2CCCO2)ccc1Br. The standard InChI is InChI=1S/C16H22BrNO6S/c1-22-16(19)14-10-13(5-6-15(14)17)25(20,21)18-7-3-8-23-11-12-4-2-9-24-12/h5-6,10,12,18H,2-4,7-9,11H2,1H3. The second-order valence-corrected chi connectivity index (χ2v) is 8.22. The topological polar surface area (TPSA) is 90.9 Å². The maximum atomic E-state index is 12.3. The molecule has 1 heterocycles. The molecule has 1 atom stereocenters. The van der Waals surface area contributed by atoms with Crippen molar-refractivity contribution in [2.75, 3.05) is 33.5 Å². The summed E-state index contributed by atoms with van der Waals surface area (Å²) in [7, 11) is -2.46. The molecule has 0 aliphatic carbocycles. The van der Waals surface area contributed by atoms with Crippen LogP contribution in [-0.4, -0.2) is 54.0 Å². The van der Waals surface area contributed by atoms with Crippen LogP contribution in [0.5, 0.6) is 0 Å². The van der Waals surface area contributed by atoms with Gasteiger partial charge in [-0.2, -0.15) is 0 Å². The molecule has 140 valence electrons. The van der Waals surface area contributed by atoms with E-state index in [0.29, 0.717) is 24.1 Å². The van der Waals surface area contributed by atoms with Gasteiger partial charge in [0, 0.05) is 24.2 Å². The van der Waals surface area contributed by atoms with E-state index >= 15 is 0 Å². The van der Waals surface area contributed by atoms with Crippen LogP contribution in [0.2, 0.25) is 0 Å². The first-order valence-electron chi connectivity index (χ1n) is 8.01. The van der Waals surface area contributed by atoms with Crippen LogP contribution >= 0.6 is 15.9 Å². The predicted molar refractivity (Wildman–Crippen MR) is 95.1 cm³/mol. The summed E-state index contributed by atoms with van der Waals surface area (Å²) in [5.74, 6) is -0.605. The molecule has 1 fully saturated rings. The first-order chi connectivity index (χ1) is 11.9. The molecular weight excluding hydrogens is 414 g/mol. The molecule has 1 saturated heterocycles. The minimum Gasteiger partial charge on any atom is -0.465 e. The Hall–Kier alpha value is -1.00. The fraction of sp³-hybridized carbons (Fsp3) is 0.562. The van der Waals surface area contributed by atoms with Crippen molar-refractivity contribution in [1.82, 2.24) is 4.72 Å². The molecule has 0 bridgehead atoms. The number of hydrogen-bond donors (Lipinski definition) is 1. The molecule has 9 heteroatoms. The summed E-state index contributed by atoms with van der Waals surface area (Å²) in [6.07, 6.45) is 2.79. The third kappa shape index (κ3) is 6.03. The van der Waals surface area contributed by atoms with E-state index in [0.717, 1.165) is 19.4 Å². The summed E-state index contributed by atoms with van der Waals surface area (Å²) in [4.78, 5) is 11.7. The normalized spacial score (nSPS) is 17.6. The minimum absolute atomic E-state index is 0.0105. The van der Waals surface area contributed by atoms with Crippen molar-refractivity contribution < 1.29 is 27.4 Å². The van der Waals surface area contributed by atoms with E-state index in [2.05, 4.69) is 25.4 Å². The van der Waals surface area contributed by atoms with E-state index in [1.165, 1.54) is 25.3 Å². The van der Waals surface area contributed by atoms with Gasteiger partial charge in [0.25, 0.3) is 0 Å². The highest BCUT2D eigenvalue weighted by Gasteiger charge is 2.19. The third-order valence-corrected chi connectivity index (χ3v) is 5.89. The Bertz CT molecular complexity index is 688. The zero-order valence-electron chi connectivity index (χ0n) is 14.0. The molecule has 1 aliphatic rings. The van der Waals surface area contributed by atoms with Crippen LogP contribution in [0.1, 0.15) is 29.6 Å². The third-order valence-electron chi connectivity index (χ3n) is 3.74. The number of ether oxygens (including phenoxy) is 3. The zero-order chi connectivity index (χ0) is 18.3. The van der Waals surface area contributed by atoms with Gasteiger partial charge in [-0.3, -0.25) is 0 Å². The molecule has 1 N–H and O–H groups in total. The van der Waals surface area contributed by atoms with Crippen LogP contribution in [0, 0.1) is 0 Å². The second-order valence-electron chi connectivity index (χ2n) is 5.59. The highest BCUT2D eigenvalue weighted by Crippen LogP contribution is 2.21. The molecule has 0 radical (unpaired) electrons. The van der Waals surface area contributed by atoms with Crippen LogP contribution in [-0.2, 0) is 24.2 Å². The number of carbonyl (C=O) groups is 1. The van der Waals surface area contributed by atoms with Crippen LogP contribution in [0.25, 0.3) is 0 Å². The number of benzene rings is 1. The van der Waals surface area contributed by atoms with E-state index in [1.807, 2.05) is 0 Å². The number of carbonyl (C=O) groups excluding carboxylic acids is 1. The Labute approximate surface area is 156 Å². The average molecular weight is 436 g/mol. The average Bonchev–Trinajstić information content (AvgIpc) is 3.11. The van der Waals surface area contributed by atoms with Gasteiger partial charge in [-0.15, -0.1) is 0 Å². The Balaban J connectivity index is 1.81. The predicted octanol–water partition coefficient (Wildman–Crippen LogP) is 2.10. The minimum atomic E-state index is -3.70. The number of nitrogens with one attached hydrogen (secondary N) is 1. The lowest BCUT2D eigenvalue weighted by atomic mass is 10.2. The lowest BCUT2D eigenvalue weighted by Gasteiger charge is -2.11. The second kappa shape index (κ2) is 9.63. The van der Waals surface area contributed by atoms with E-state index in [1.54, 1.807) is 0 Å². The molecular formula is C16H22BrNO6S. The summed E-state index contributed by atoms with van der Waals surface area (Å²) in [6.45, 7) is 2.03. The van der Waals surface area contributed by atoms with Gasteiger partial charge in [-0.05, 0) is 53.4 Å². The molecule has 0 amide bonds. The molecule has 25 heavy (non-hydrogen) atoms. The first-order valence-corrected chi connectivity index (χ1v) is 10.3. The van der Waals surface area contributed by atoms with Gasteiger partial charge in [0.2, 0.25) is 10.0 Å². The van der Waals surface area contributed by atoms with Crippen molar-refractivity contribution >= 4 is 31.9 Å². The lowest BCUT2D eigenvalue weighted by molar-refractivity contribution is 0.0169. The Kier molecular flexibility index (Phi) is 7.82. The van der Waals surface area contributed by atoms with Crippen LogP contribution in [0.3, 0.4) is 0 Å². The molecule has 1 aliphatic heterocycles. The van der Waals surface area contributed by atoms with Gasteiger partial charge in [0.15, 0.2) is 0 Å². The molecule has 7 nitrogen and oxygen atoms in total. The maximum Gasteiger partial charge on any atom is 0.339 e. The van der Waals surface area contributed by atoms with Crippen molar-refractivity contribution in [3.63, 3.8) is 0 Å². The molecule has 2 rings (SSSR count). The van der Waals surface area contributed by atoms with Crippen LogP contribution in [0.15, 0.2) is 27.6 Å². The van der Waals surface area contributed by atoms with Crippen molar-refractivity contribution in [1.29, 1.82) is 0 Å². The molecule has 1 unspecified atom stereocenters. The van der Waals surface area contributed by atoms with Gasteiger partial charge < -0.3 is 14.2 Å². The molecule has 0 saturated carbocycles. The highest BCUT2D eigenvalue weighted by molar-refractivity contribution is 9.10. The molecule has 1 aromatic rings. The number of sulfonamides is 1. The highest BCUT2D eigenvalue weighted by atomic mass is 79.9. The summed E-state index contributed by atoms with van der Waals surface area (Å²) < 4.78 is 43.2. The van der Waals surface area contributed by atoms with Gasteiger partial charge in [0.1, 0.15) is 0 Å². The Morgan fingerprint density at radius 3 is 2.92 bits per heavy atom. The van der Waals surface area contributed by atoms with E-state index < -0.39 is 16.0 Å². The molecule has 0 aromatic heterocycles. The van der Waals surface area contributed by atoms with Crippen molar-refractivity contribution in [3.05, 3.63) is 28.2 Å². The fourth-order valence-corrected chi connectivity index (χ4v) is 3.90. The smallest absolute Gasteiger partial charge is 0.339 e.